The summed E-state index contributed by atoms with van der Waals surface area (Å²) in [5.41, 5.74) is 1.70. The number of aliphatic carboxylic acids is 1. The van der Waals surface area contributed by atoms with Crippen molar-refractivity contribution in [2.24, 2.45) is 5.92 Å². The molecule has 142 valence electrons. The van der Waals surface area contributed by atoms with E-state index in [1.807, 2.05) is 36.4 Å². The number of rotatable bonds is 8. The van der Waals surface area contributed by atoms with E-state index in [1.165, 1.54) is 6.08 Å². The molecule has 1 amide bonds. The molecule has 0 unspecified atom stereocenters. The molecule has 6 heteroatoms. The molecule has 0 aromatic heterocycles. The van der Waals surface area contributed by atoms with Gasteiger partial charge in [0.05, 0.1) is 0 Å². The zero-order valence-electron chi connectivity index (χ0n) is 15.2. The van der Waals surface area contributed by atoms with Crippen molar-refractivity contribution < 1.29 is 19.4 Å². The number of hydrogen-bond acceptors (Lipinski definition) is 3. The van der Waals surface area contributed by atoms with Crippen LogP contribution in [0.1, 0.15) is 25.0 Å². The average Bonchev–Trinajstić information content (AvgIpc) is 2.64. The maximum absolute atomic E-state index is 11.9. The Morgan fingerprint density at radius 2 is 1.81 bits per heavy atom. The minimum Gasteiger partial charge on any atom is -0.489 e. The van der Waals surface area contributed by atoms with Gasteiger partial charge in [-0.2, -0.15) is 0 Å². The Balaban J connectivity index is 1.91. The summed E-state index contributed by atoms with van der Waals surface area (Å²) < 4.78 is 5.71. The van der Waals surface area contributed by atoms with Crippen LogP contribution in [-0.4, -0.2) is 23.0 Å². The molecule has 0 heterocycles. The third-order valence-electron chi connectivity index (χ3n) is 3.89. The van der Waals surface area contributed by atoms with Gasteiger partial charge < -0.3 is 15.2 Å². The number of carboxylic acid groups (broad SMARTS) is 1. The van der Waals surface area contributed by atoms with Crippen molar-refractivity contribution in [1.29, 1.82) is 0 Å². The fourth-order valence-corrected chi connectivity index (χ4v) is 2.53. The van der Waals surface area contributed by atoms with Crippen LogP contribution in [0.3, 0.4) is 0 Å². The normalized spacial score (nSPS) is 12.1. The van der Waals surface area contributed by atoms with Crippen molar-refractivity contribution in [2.45, 2.75) is 26.5 Å². The van der Waals surface area contributed by atoms with Gasteiger partial charge in [-0.25, -0.2) is 4.79 Å². The molecule has 1 atom stereocenters. The van der Waals surface area contributed by atoms with Crippen molar-refractivity contribution in [1.82, 2.24) is 5.32 Å². The third-order valence-corrected chi connectivity index (χ3v) is 4.26. The molecule has 2 aromatic rings. The Morgan fingerprint density at radius 3 is 2.41 bits per heavy atom. The molecule has 0 fully saturated rings. The lowest BCUT2D eigenvalue weighted by Crippen LogP contribution is -2.43. The number of carbonyl (C=O) groups is 2. The highest BCUT2D eigenvalue weighted by Crippen LogP contribution is 2.19. The maximum Gasteiger partial charge on any atom is 0.326 e. The first-order valence-electron chi connectivity index (χ1n) is 8.54. The first-order chi connectivity index (χ1) is 12.9. The van der Waals surface area contributed by atoms with Crippen LogP contribution in [0.2, 0.25) is 5.02 Å². The van der Waals surface area contributed by atoms with Crippen LogP contribution in [0.5, 0.6) is 5.75 Å². The Hall–Kier alpha value is -2.79. The van der Waals surface area contributed by atoms with E-state index in [4.69, 9.17) is 21.4 Å². The summed E-state index contributed by atoms with van der Waals surface area (Å²) in [7, 11) is 0. The lowest BCUT2D eigenvalue weighted by molar-refractivity contribution is -0.142. The lowest BCUT2D eigenvalue weighted by Gasteiger charge is -2.16. The molecular formula is C21H22ClNO4. The Kier molecular flexibility index (Phi) is 7.44. The van der Waals surface area contributed by atoms with Gasteiger partial charge in [0.1, 0.15) is 18.4 Å². The van der Waals surface area contributed by atoms with E-state index in [0.717, 1.165) is 11.1 Å². The number of ether oxygens (including phenoxy) is 1. The first-order valence-corrected chi connectivity index (χ1v) is 8.92. The van der Waals surface area contributed by atoms with Crippen molar-refractivity contribution >= 4 is 29.6 Å². The summed E-state index contributed by atoms with van der Waals surface area (Å²) in [6.07, 6.45) is 2.93. The minimum absolute atomic E-state index is 0.200. The second kappa shape index (κ2) is 9.78. The number of benzene rings is 2. The second-order valence-electron chi connectivity index (χ2n) is 6.35. The van der Waals surface area contributed by atoms with Gasteiger partial charge in [-0.15, -0.1) is 0 Å². The highest BCUT2D eigenvalue weighted by Gasteiger charge is 2.22. The Bertz CT molecular complexity index is 815. The molecule has 0 aliphatic heterocycles. The fourth-order valence-electron chi connectivity index (χ4n) is 2.34. The SMILES string of the molecule is CC(C)[C@H](NC(=O)/C=C/c1ccc(OCc2ccccc2Cl)cc1)C(=O)O. The standard InChI is InChI=1S/C21H22ClNO4/c1-14(2)20(21(25)26)23-19(24)12-9-15-7-10-17(11-8-15)27-13-16-5-3-4-6-18(16)22/h3-12,14,20H,13H2,1-2H3,(H,23,24)(H,25,26)/b12-9+/t20-/m0/s1. The molecule has 2 aromatic carbocycles. The molecule has 0 saturated carbocycles. The number of halogens is 1. The largest absolute Gasteiger partial charge is 0.489 e. The fraction of sp³-hybridized carbons (Fsp3) is 0.238. The van der Waals surface area contributed by atoms with Crippen molar-refractivity contribution in [2.75, 3.05) is 0 Å². The molecule has 0 aliphatic rings. The summed E-state index contributed by atoms with van der Waals surface area (Å²) in [5, 5.41) is 12.2. The predicted molar refractivity (Wildman–Crippen MR) is 106 cm³/mol. The molecule has 5 nitrogen and oxygen atoms in total. The van der Waals surface area contributed by atoms with Crippen LogP contribution < -0.4 is 10.1 Å². The van der Waals surface area contributed by atoms with E-state index >= 15 is 0 Å². The quantitative estimate of drug-likeness (QED) is 0.667. The van der Waals surface area contributed by atoms with E-state index < -0.39 is 17.9 Å². The van der Waals surface area contributed by atoms with E-state index in [9.17, 15) is 9.59 Å². The van der Waals surface area contributed by atoms with E-state index in [2.05, 4.69) is 5.32 Å². The number of carboxylic acids is 1. The summed E-state index contributed by atoms with van der Waals surface area (Å²) >= 11 is 6.10. The number of hydrogen-bond donors (Lipinski definition) is 2. The van der Waals surface area contributed by atoms with Crippen LogP contribution in [0, 0.1) is 5.92 Å². The lowest BCUT2D eigenvalue weighted by atomic mass is 10.0. The third kappa shape index (κ3) is 6.46. The Morgan fingerprint density at radius 1 is 1.15 bits per heavy atom. The van der Waals surface area contributed by atoms with E-state index in [-0.39, 0.29) is 5.92 Å². The van der Waals surface area contributed by atoms with Gasteiger partial charge in [-0.05, 0) is 35.8 Å². The monoisotopic (exact) mass is 387 g/mol. The zero-order valence-corrected chi connectivity index (χ0v) is 15.9. The van der Waals surface area contributed by atoms with Crippen LogP contribution >= 0.6 is 11.6 Å². The predicted octanol–water partition coefficient (Wildman–Crippen LogP) is 4.16. The second-order valence-corrected chi connectivity index (χ2v) is 6.76. The van der Waals surface area contributed by atoms with Gasteiger partial charge in [0.25, 0.3) is 0 Å². The van der Waals surface area contributed by atoms with Crippen LogP contribution in [0.15, 0.2) is 54.6 Å². The van der Waals surface area contributed by atoms with Gasteiger partial charge in [0.2, 0.25) is 5.91 Å². The van der Waals surface area contributed by atoms with Gasteiger partial charge in [0.15, 0.2) is 0 Å². The van der Waals surface area contributed by atoms with Gasteiger partial charge in [0, 0.05) is 16.7 Å². The highest BCUT2D eigenvalue weighted by atomic mass is 35.5. The summed E-state index contributed by atoms with van der Waals surface area (Å²) in [6, 6.07) is 13.8. The number of amides is 1. The summed E-state index contributed by atoms with van der Waals surface area (Å²) in [6.45, 7) is 3.84. The Labute approximate surface area is 163 Å². The molecule has 2 N–H and O–H groups in total. The molecule has 27 heavy (non-hydrogen) atoms. The van der Waals surface area contributed by atoms with Crippen molar-refractivity contribution in [3.8, 4) is 5.75 Å². The molecule has 0 radical (unpaired) electrons. The zero-order chi connectivity index (χ0) is 19.8. The van der Waals surface area contributed by atoms with Crippen molar-refractivity contribution in [3.63, 3.8) is 0 Å². The van der Waals surface area contributed by atoms with Crippen LogP contribution in [0.4, 0.5) is 0 Å². The van der Waals surface area contributed by atoms with Gasteiger partial charge in [-0.3, -0.25) is 4.79 Å². The van der Waals surface area contributed by atoms with E-state index in [0.29, 0.717) is 17.4 Å². The first kappa shape index (κ1) is 20.5. The summed E-state index contributed by atoms with van der Waals surface area (Å²) in [5.74, 6) is -1.02. The number of nitrogens with one attached hydrogen (secondary N) is 1. The molecular weight excluding hydrogens is 366 g/mol. The molecule has 2 rings (SSSR count). The molecule has 0 spiro atoms. The molecule has 0 saturated heterocycles. The van der Waals surface area contributed by atoms with Crippen LogP contribution in [-0.2, 0) is 16.2 Å². The highest BCUT2D eigenvalue weighted by molar-refractivity contribution is 6.31. The number of carbonyl (C=O) groups excluding carboxylic acids is 1. The minimum atomic E-state index is -1.05. The van der Waals surface area contributed by atoms with Crippen LogP contribution in [0.25, 0.3) is 6.08 Å². The smallest absolute Gasteiger partial charge is 0.326 e. The maximum atomic E-state index is 11.9. The summed E-state index contributed by atoms with van der Waals surface area (Å²) in [4.78, 5) is 23.0. The molecule has 0 aliphatic carbocycles. The topological polar surface area (TPSA) is 75.6 Å². The van der Waals surface area contributed by atoms with Gasteiger partial charge >= 0.3 is 5.97 Å². The van der Waals surface area contributed by atoms with Gasteiger partial charge in [-0.1, -0.05) is 55.8 Å². The van der Waals surface area contributed by atoms with Crippen molar-refractivity contribution in [3.05, 3.63) is 70.8 Å². The van der Waals surface area contributed by atoms with E-state index in [1.54, 1.807) is 32.1 Å². The average molecular weight is 388 g/mol. The molecule has 0 bridgehead atoms.